The first-order valence-corrected chi connectivity index (χ1v) is 6.47. The van der Waals surface area contributed by atoms with E-state index in [9.17, 15) is 4.79 Å². The maximum absolute atomic E-state index is 10.6. The van der Waals surface area contributed by atoms with Gasteiger partial charge in [0.2, 0.25) is 0 Å². The van der Waals surface area contributed by atoms with Gasteiger partial charge in [-0.05, 0) is 19.8 Å². The lowest BCUT2D eigenvalue weighted by atomic mass is 9.93. The Bertz CT molecular complexity index is 399. The Kier molecular flexibility index (Phi) is 3.63. The predicted molar refractivity (Wildman–Crippen MR) is 65.5 cm³/mol. The molecule has 94 valence electrons. The van der Waals surface area contributed by atoms with Crippen molar-refractivity contribution in [1.29, 1.82) is 0 Å². The molecular weight excluding hydrogens is 240 g/mol. The first-order chi connectivity index (χ1) is 8.07. The van der Waals surface area contributed by atoms with Crippen LogP contribution in [-0.2, 0) is 16.0 Å². The molecule has 0 spiro atoms. The van der Waals surface area contributed by atoms with E-state index in [4.69, 9.17) is 9.84 Å². The van der Waals surface area contributed by atoms with Crippen LogP contribution >= 0.6 is 11.3 Å². The van der Waals surface area contributed by atoms with Crippen LogP contribution in [0, 0.1) is 0 Å². The van der Waals surface area contributed by atoms with E-state index >= 15 is 0 Å². The third-order valence-corrected chi connectivity index (χ3v) is 3.70. The van der Waals surface area contributed by atoms with Gasteiger partial charge in [0.15, 0.2) is 5.13 Å². The monoisotopic (exact) mass is 256 g/mol. The van der Waals surface area contributed by atoms with Crippen LogP contribution in [0.15, 0.2) is 5.38 Å². The van der Waals surface area contributed by atoms with Crippen molar-refractivity contribution in [3.63, 3.8) is 0 Å². The molecule has 1 aromatic rings. The molecule has 0 atom stereocenters. The maximum Gasteiger partial charge on any atom is 0.309 e. The van der Waals surface area contributed by atoms with Crippen LogP contribution in [0.3, 0.4) is 0 Å². The van der Waals surface area contributed by atoms with Crippen molar-refractivity contribution in [3.05, 3.63) is 11.1 Å². The number of carboxylic acid groups (broad SMARTS) is 1. The number of hydrogen-bond donors (Lipinski definition) is 2. The van der Waals surface area contributed by atoms with E-state index in [1.165, 1.54) is 11.3 Å². The zero-order valence-electron chi connectivity index (χ0n) is 9.73. The van der Waals surface area contributed by atoms with Gasteiger partial charge in [0.1, 0.15) is 0 Å². The Morgan fingerprint density at radius 1 is 1.65 bits per heavy atom. The van der Waals surface area contributed by atoms with Crippen LogP contribution in [0.1, 0.15) is 25.5 Å². The first-order valence-electron chi connectivity index (χ1n) is 5.60. The van der Waals surface area contributed by atoms with E-state index in [2.05, 4.69) is 17.2 Å². The predicted octanol–water partition coefficient (Wildman–Crippen LogP) is 1.75. The van der Waals surface area contributed by atoms with Crippen LogP contribution in [-0.4, -0.2) is 34.8 Å². The van der Waals surface area contributed by atoms with E-state index in [0.717, 1.165) is 31.2 Å². The average Bonchev–Trinajstić information content (AvgIpc) is 2.64. The van der Waals surface area contributed by atoms with E-state index in [1.54, 1.807) is 5.38 Å². The van der Waals surface area contributed by atoms with E-state index in [1.807, 2.05) is 0 Å². The Hall–Kier alpha value is -1.14. The van der Waals surface area contributed by atoms with Crippen molar-refractivity contribution in [1.82, 2.24) is 4.98 Å². The molecule has 2 rings (SSSR count). The number of aliphatic carboxylic acids is 1. The number of nitrogens with zero attached hydrogens (tertiary/aromatic N) is 1. The summed E-state index contributed by atoms with van der Waals surface area (Å²) in [7, 11) is 0. The minimum atomic E-state index is -0.848. The third kappa shape index (κ3) is 3.41. The molecule has 6 heteroatoms. The number of carboxylic acids is 1. The van der Waals surface area contributed by atoms with Gasteiger partial charge in [0, 0.05) is 24.1 Å². The summed E-state index contributed by atoms with van der Waals surface area (Å²) in [5.74, 6) is -0.848. The molecule has 0 aliphatic carbocycles. The topological polar surface area (TPSA) is 71.5 Å². The van der Waals surface area contributed by atoms with Crippen LogP contribution < -0.4 is 5.32 Å². The molecular formula is C11H16N2O3S. The third-order valence-electron chi connectivity index (χ3n) is 2.89. The highest BCUT2D eigenvalue weighted by atomic mass is 32.1. The molecule has 1 aliphatic heterocycles. The molecule has 2 heterocycles. The van der Waals surface area contributed by atoms with Crippen LogP contribution in [0.2, 0.25) is 0 Å². The fourth-order valence-corrected chi connectivity index (χ4v) is 2.66. The second-order valence-corrected chi connectivity index (χ2v) is 5.37. The number of nitrogens with one attached hydrogen (secondary N) is 1. The Morgan fingerprint density at radius 2 is 2.35 bits per heavy atom. The Balaban J connectivity index is 1.98. The number of anilines is 1. The molecule has 0 bridgehead atoms. The number of aromatic nitrogens is 1. The summed E-state index contributed by atoms with van der Waals surface area (Å²) in [6.07, 6.45) is 1.87. The number of carbonyl (C=O) groups is 1. The van der Waals surface area contributed by atoms with Gasteiger partial charge in [0.05, 0.1) is 12.1 Å². The van der Waals surface area contributed by atoms with E-state index < -0.39 is 5.97 Å². The first kappa shape index (κ1) is 12.3. The summed E-state index contributed by atoms with van der Waals surface area (Å²) < 4.78 is 5.33. The highest BCUT2D eigenvalue weighted by molar-refractivity contribution is 7.13. The number of rotatable bonds is 4. The molecule has 0 saturated carbocycles. The molecule has 0 unspecified atom stereocenters. The zero-order chi connectivity index (χ0) is 12.3. The molecule has 0 radical (unpaired) electrons. The summed E-state index contributed by atoms with van der Waals surface area (Å²) in [5.41, 5.74) is 0.622. The van der Waals surface area contributed by atoms with E-state index in [-0.39, 0.29) is 12.0 Å². The van der Waals surface area contributed by atoms with Crippen molar-refractivity contribution in [2.45, 2.75) is 31.7 Å². The second kappa shape index (κ2) is 5.01. The van der Waals surface area contributed by atoms with Crippen LogP contribution in [0.4, 0.5) is 5.13 Å². The molecule has 5 nitrogen and oxygen atoms in total. The SMILES string of the molecule is CC1(Nc2nc(CC(=O)O)cs2)CCOCC1. The lowest BCUT2D eigenvalue weighted by Crippen LogP contribution is -2.40. The average molecular weight is 256 g/mol. The van der Waals surface area contributed by atoms with Gasteiger partial charge in [-0.25, -0.2) is 4.98 Å². The highest BCUT2D eigenvalue weighted by Gasteiger charge is 2.27. The molecule has 1 aliphatic rings. The summed E-state index contributed by atoms with van der Waals surface area (Å²) in [5, 5.41) is 14.6. The Morgan fingerprint density at radius 3 is 3.00 bits per heavy atom. The molecule has 1 saturated heterocycles. The van der Waals surface area contributed by atoms with Crippen molar-refractivity contribution >= 4 is 22.4 Å². The van der Waals surface area contributed by atoms with Crippen LogP contribution in [0.5, 0.6) is 0 Å². The molecule has 1 aromatic heterocycles. The minimum Gasteiger partial charge on any atom is -0.481 e. The summed E-state index contributed by atoms with van der Waals surface area (Å²) in [6.45, 7) is 3.67. The number of thiazole rings is 1. The standard InChI is InChI=1S/C11H16N2O3S/c1-11(2-4-16-5-3-11)13-10-12-8(7-17-10)6-9(14)15/h7H,2-6H2,1H3,(H,12,13)(H,14,15). The van der Waals surface area contributed by atoms with Gasteiger partial charge in [-0.15, -0.1) is 11.3 Å². The second-order valence-electron chi connectivity index (χ2n) is 4.51. The van der Waals surface area contributed by atoms with Crippen molar-refractivity contribution < 1.29 is 14.6 Å². The molecule has 0 aromatic carbocycles. The summed E-state index contributed by atoms with van der Waals surface area (Å²) in [6, 6.07) is 0. The Labute approximate surface area is 104 Å². The molecule has 17 heavy (non-hydrogen) atoms. The van der Waals surface area contributed by atoms with Gasteiger partial charge in [-0.3, -0.25) is 4.79 Å². The number of ether oxygens (including phenoxy) is 1. The molecule has 1 fully saturated rings. The smallest absolute Gasteiger partial charge is 0.309 e. The molecule has 2 N–H and O–H groups in total. The quantitative estimate of drug-likeness (QED) is 0.858. The highest BCUT2D eigenvalue weighted by Crippen LogP contribution is 2.27. The van der Waals surface area contributed by atoms with Gasteiger partial charge in [-0.2, -0.15) is 0 Å². The fraction of sp³-hybridized carbons (Fsp3) is 0.636. The van der Waals surface area contributed by atoms with Gasteiger partial charge >= 0.3 is 5.97 Å². The van der Waals surface area contributed by atoms with Crippen LogP contribution in [0.25, 0.3) is 0 Å². The molecule has 0 amide bonds. The lowest BCUT2D eigenvalue weighted by Gasteiger charge is -2.34. The normalized spacial score (nSPS) is 18.9. The van der Waals surface area contributed by atoms with E-state index in [0.29, 0.717) is 5.69 Å². The lowest BCUT2D eigenvalue weighted by molar-refractivity contribution is -0.136. The maximum atomic E-state index is 10.6. The summed E-state index contributed by atoms with van der Waals surface area (Å²) in [4.78, 5) is 14.8. The van der Waals surface area contributed by atoms with Crippen molar-refractivity contribution in [3.8, 4) is 0 Å². The van der Waals surface area contributed by atoms with Gasteiger partial charge in [0.25, 0.3) is 0 Å². The minimum absolute atomic E-state index is 0.0105. The zero-order valence-corrected chi connectivity index (χ0v) is 10.5. The van der Waals surface area contributed by atoms with Crippen molar-refractivity contribution in [2.24, 2.45) is 0 Å². The largest absolute Gasteiger partial charge is 0.481 e. The fourth-order valence-electron chi connectivity index (χ4n) is 1.81. The van der Waals surface area contributed by atoms with Gasteiger partial charge < -0.3 is 15.2 Å². The number of hydrogen-bond acceptors (Lipinski definition) is 5. The van der Waals surface area contributed by atoms with Crippen molar-refractivity contribution in [2.75, 3.05) is 18.5 Å². The van der Waals surface area contributed by atoms with Gasteiger partial charge in [-0.1, -0.05) is 0 Å². The summed E-state index contributed by atoms with van der Waals surface area (Å²) >= 11 is 1.46.